The van der Waals surface area contributed by atoms with E-state index in [-0.39, 0.29) is 17.5 Å². The molecule has 0 bridgehead atoms. The zero-order valence-electron chi connectivity index (χ0n) is 13.4. The quantitative estimate of drug-likeness (QED) is 0.808. The average Bonchev–Trinajstić information content (AvgIpc) is 2.56. The third-order valence-electron chi connectivity index (χ3n) is 4.25. The fourth-order valence-electron chi connectivity index (χ4n) is 2.69. The maximum absolute atomic E-state index is 12.1. The molecular formula is C17H19N5O2. The van der Waals surface area contributed by atoms with Crippen molar-refractivity contribution in [2.24, 2.45) is 5.92 Å². The number of carbonyl (C=O) groups excluding carboxylic acids is 1. The molecular weight excluding hydrogens is 306 g/mol. The Balaban J connectivity index is 1.70. The molecule has 1 atom stereocenters. The van der Waals surface area contributed by atoms with Crippen molar-refractivity contribution in [1.82, 2.24) is 19.9 Å². The summed E-state index contributed by atoms with van der Waals surface area (Å²) >= 11 is 0. The van der Waals surface area contributed by atoms with Crippen molar-refractivity contribution in [2.45, 2.75) is 13.0 Å². The summed E-state index contributed by atoms with van der Waals surface area (Å²) in [6, 6.07) is 1.84. The lowest BCUT2D eigenvalue weighted by atomic mass is 9.92. The number of H-pyrrole nitrogens is 1. The summed E-state index contributed by atoms with van der Waals surface area (Å²) in [5.41, 5.74) is 1.78. The van der Waals surface area contributed by atoms with Crippen LogP contribution in [0.25, 0.3) is 11.3 Å². The molecule has 1 fully saturated rings. The van der Waals surface area contributed by atoms with Crippen LogP contribution in [0.5, 0.6) is 0 Å². The number of pyridine rings is 1. The number of nitrogens with zero attached hydrogens (tertiary/aromatic N) is 3. The van der Waals surface area contributed by atoms with Crippen molar-refractivity contribution in [1.29, 1.82) is 0 Å². The molecule has 1 aliphatic heterocycles. The van der Waals surface area contributed by atoms with E-state index in [4.69, 9.17) is 0 Å². The number of nitrogens with one attached hydrogen (secondary N) is 2. The topological polar surface area (TPSA) is 91.0 Å². The Kier molecular flexibility index (Phi) is 4.41. The van der Waals surface area contributed by atoms with Gasteiger partial charge in [-0.25, -0.2) is 0 Å². The lowest BCUT2D eigenvalue weighted by molar-refractivity contribution is -0.132. The first-order chi connectivity index (χ1) is 11.6. The highest BCUT2D eigenvalue weighted by Crippen LogP contribution is 2.23. The lowest BCUT2D eigenvalue weighted by Crippen LogP contribution is -2.55. The van der Waals surface area contributed by atoms with Gasteiger partial charge in [-0.2, -0.15) is 0 Å². The van der Waals surface area contributed by atoms with Crippen LogP contribution in [0, 0.1) is 5.92 Å². The molecule has 24 heavy (non-hydrogen) atoms. The summed E-state index contributed by atoms with van der Waals surface area (Å²) in [7, 11) is 0. The lowest BCUT2D eigenvalue weighted by Gasteiger charge is -2.42. The molecule has 0 aromatic carbocycles. The van der Waals surface area contributed by atoms with Crippen LogP contribution >= 0.6 is 0 Å². The Labute approximate surface area is 139 Å². The monoisotopic (exact) mass is 325 g/mol. The van der Waals surface area contributed by atoms with Crippen LogP contribution in [-0.2, 0) is 4.79 Å². The fourth-order valence-corrected chi connectivity index (χ4v) is 2.69. The van der Waals surface area contributed by atoms with E-state index in [1.165, 1.54) is 6.08 Å². The average molecular weight is 325 g/mol. The highest BCUT2D eigenvalue weighted by Gasteiger charge is 2.33. The van der Waals surface area contributed by atoms with Gasteiger partial charge in [0, 0.05) is 49.2 Å². The van der Waals surface area contributed by atoms with Crippen LogP contribution < -0.4 is 10.9 Å². The molecule has 2 aromatic rings. The van der Waals surface area contributed by atoms with Crippen LogP contribution in [0.4, 0.5) is 5.69 Å². The van der Waals surface area contributed by atoms with Crippen molar-refractivity contribution in [2.75, 3.05) is 18.4 Å². The molecule has 2 N–H and O–H groups in total. The van der Waals surface area contributed by atoms with Crippen molar-refractivity contribution in [3.8, 4) is 11.3 Å². The minimum Gasteiger partial charge on any atom is -0.378 e. The molecule has 0 radical (unpaired) electrons. The Morgan fingerprint density at radius 2 is 2.29 bits per heavy atom. The van der Waals surface area contributed by atoms with E-state index in [1.807, 2.05) is 6.92 Å². The van der Waals surface area contributed by atoms with E-state index in [9.17, 15) is 9.59 Å². The molecule has 7 heteroatoms. The first kappa shape index (κ1) is 15.9. The van der Waals surface area contributed by atoms with Crippen LogP contribution in [0.2, 0.25) is 0 Å². The van der Waals surface area contributed by atoms with Crippen molar-refractivity contribution in [3.05, 3.63) is 53.9 Å². The Hall–Kier alpha value is -2.96. The van der Waals surface area contributed by atoms with Crippen molar-refractivity contribution in [3.63, 3.8) is 0 Å². The van der Waals surface area contributed by atoms with E-state index in [0.717, 1.165) is 5.56 Å². The SMILES string of the molecule is C=CC(=O)N1CC(C(C)Nc2cc(-c3cnccn3)c[nH]c2=O)C1. The third-order valence-corrected chi connectivity index (χ3v) is 4.25. The zero-order valence-corrected chi connectivity index (χ0v) is 13.4. The third kappa shape index (κ3) is 3.19. The maximum atomic E-state index is 12.1. The molecule has 0 saturated carbocycles. The van der Waals surface area contributed by atoms with Gasteiger partial charge in [0.2, 0.25) is 5.91 Å². The van der Waals surface area contributed by atoms with Gasteiger partial charge in [0.15, 0.2) is 0 Å². The Morgan fingerprint density at radius 1 is 1.50 bits per heavy atom. The molecule has 1 amide bonds. The molecule has 3 heterocycles. The maximum Gasteiger partial charge on any atom is 0.271 e. The number of rotatable bonds is 5. The molecule has 1 saturated heterocycles. The number of hydrogen-bond donors (Lipinski definition) is 2. The van der Waals surface area contributed by atoms with Gasteiger partial charge in [-0.3, -0.25) is 19.6 Å². The molecule has 124 valence electrons. The van der Waals surface area contributed by atoms with E-state index < -0.39 is 0 Å². The first-order valence-corrected chi connectivity index (χ1v) is 7.75. The summed E-state index contributed by atoms with van der Waals surface area (Å²) in [4.78, 5) is 36.3. The minimum atomic E-state index is -0.187. The highest BCUT2D eigenvalue weighted by molar-refractivity contribution is 5.87. The second-order valence-corrected chi connectivity index (χ2v) is 5.86. The first-order valence-electron chi connectivity index (χ1n) is 7.75. The fraction of sp³-hybridized carbons (Fsp3) is 0.294. The smallest absolute Gasteiger partial charge is 0.271 e. The van der Waals surface area contributed by atoms with Gasteiger partial charge in [-0.15, -0.1) is 0 Å². The number of hydrogen-bond acceptors (Lipinski definition) is 5. The number of likely N-dealkylation sites (tertiary alicyclic amines) is 1. The predicted octanol–water partition coefficient (Wildman–Crippen LogP) is 1.28. The van der Waals surface area contributed by atoms with Gasteiger partial charge in [0.25, 0.3) is 5.56 Å². The number of aromatic nitrogens is 3. The van der Waals surface area contributed by atoms with Crippen LogP contribution in [-0.4, -0.2) is 44.9 Å². The summed E-state index contributed by atoms with van der Waals surface area (Å²) < 4.78 is 0. The van der Waals surface area contributed by atoms with Crippen LogP contribution in [0.15, 0.2) is 48.3 Å². The second-order valence-electron chi connectivity index (χ2n) is 5.86. The Bertz CT molecular complexity index is 796. The molecule has 1 unspecified atom stereocenters. The second kappa shape index (κ2) is 6.66. The Morgan fingerprint density at radius 3 is 2.96 bits per heavy atom. The van der Waals surface area contributed by atoms with Crippen molar-refractivity contribution >= 4 is 11.6 Å². The minimum absolute atomic E-state index is 0.0547. The van der Waals surface area contributed by atoms with E-state index in [0.29, 0.717) is 30.4 Å². The molecule has 2 aromatic heterocycles. The zero-order chi connectivity index (χ0) is 17.1. The van der Waals surface area contributed by atoms with E-state index in [2.05, 4.69) is 26.8 Å². The number of aromatic amines is 1. The van der Waals surface area contributed by atoms with Crippen LogP contribution in [0.3, 0.4) is 0 Å². The van der Waals surface area contributed by atoms with Crippen LogP contribution in [0.1, 0.15) is 6.92 Å². The molecule has 1 aliphatic rings. The predicted molar refractivity (Wildman–Crippen MR) is 91.4 cm³/mol. The highest BCUT2D eigenvalue weighted by atomic mass is 16.2. The normalized spacial score (nSPS) is 15.5. The number of anilines is 1. The number of amides is 1. The van der Waals surface area contributed by atoms with Gasteiger partial charge < -0.3 is 15.2 Å². The standard InChI is InChI=1S/C17H19N5O2/c1-3-16(23)22-9-13(10-22)11(2)21-14-6-12(7-20-17(14)24)15-8-18-4-5-19-15/h3-8,11,13,21H,1,9-10H2,2H3,(H,20,24). The summed E-state index contributed by atoms with van der Waals surface area (Å²) in [5.74, 6) is 0.245. The van der Waals surface area contributed by atoms with Gasteiger partial charge in [-0.05, 0) is 19.1 Å². The van der Waals surface area contributed by atoms with Gasteiger partial charge in [-0.1, -0.05) is 6.58 Å². The summed E-state index contributed by atoms with van der Waals surface area (Å²) in [6.07, 6.45) is 7.80. The summed E-state index contributed by atoms with van der Waals surface area (Å²) in [5, 5.41) is 3.24. The summed E-state index contributed by atoms with van der Waals surface area (Å²) in [6.45, 7) is 6.83. The van der Waals surface area contributed by atoms with Gasteiger partial charge in [0.05, 0.1) is 11.9 Å². The molecule has 0 spiro atoms. The van der Waals surface area contributed by atoms with Gasteiger partial charge in [0.1, 0.15) is 5.69 Å². The van der Waals surface area contributed by atoms with E-state index >= 15 is 0 Å². The molecule has 0 aliphatic carbocycles. The van der Waals surface area contributed by atoms with Gasteiger partial charge >= 0.3 is 0 Å². The molecule has 3 rings (SSSR count). The number of carbonyl (C=O) groups is 1. The van der Waals surface area contributed by atoms with E-state index in [1.54, 1.807) is 35.8 Å². The molecule has 7 nitrogen and oxygen atoms in total. The van der Waals surface area contributed by atoms with Crippen molar-refractivity contribution < 1.29 is 4.79 Å². The largest absolute Gasteiger partial charge is 0.378 e.